The number of sulfonamides is 1. The van der Waals surface area contributed by atoms with E-state index in [-0.39, 0.29) is 23.4 Å². The molecule has 34 heavy (non-hydrogen) atoms. The molecule has 1 aromatic heterocycles. The molecule has 0 fully saturated rings. The molecule has 1 aliphatic heterocycles. The smallest absolute Gasteiger partial charge is 0.263 e. The number of hydrogen-bond acceptors (Lipinski definition) is 7. The molecule has 1 amide bonds. The van der Waals surface area contributed by atoms with E-state index in [0.717, 1.165) is 5.56 Å². The normalized spacial score (nSPS) is 12.7. The molecule has 4 aromatic rings. The number of para-hydroxylation sites is 2. The SMILES string of the molecule is O=C(/C=C/c1ccc2c(c1)OCO2)Nc1ccc(S(=O)(=O)Nc2cnc3ccccc3n2)cc1. The first-order valence-corrected chi connectivity index (χ1v) is 11.7. The van der Waals surface area contributed by atoms with Gasteiger partial charge in [-0.05, 0) is 60.2 Å². The molecule has 0 aliphatic carbocycles. The van der Waals surface area contributed by atoms with Crippen LogP contribution in [0.3, 0.4) is 0 Å². The molecule has 3 aromatic carbocycles. The molecule has 0 atom stereocenters. The van der Waals surface area contributed by atoms with Gasteiger partial charge in [0.05, 0.1) is 22.1 Å². The Labute approximate surface area is 195 Å². The lowest BCUT2D eigenvalue weighted by molar-refractivity contribution is -0.111. The first-order chi connectivity index (χ1) is 16.5. The van der Waals surface area contributed by atoms with Gasteiger partial charge in [0.2, 0.25) is 12.7 Å². The Morgan fingerprint density at radius 3 is 2.53 bits per heavy atom. The van der Waals surface area contributed by atoms with Crippen molar-refractivity contribution in [1.29, 1.82) is 0 Å². The summed E-state index contributed by atoms with van der Waals surface area (Å²) in [6, 6.07) is 18.3. The first kappa shape index (κ1) is 21.4. The van der Waals surface area contributed by atoms with Crippen LogP contribution < -0.4 is 19.5 Å². The van der Waals surface area contributed by atoms with Gasteiger partial charge in [-0.2, -0.15) is 0 Å². The van der Waals surface area contributed by atoms with Gasteiger partial charge in [-0.15, -0.1) is 0 Å². The predicted octanol–water partition coefficient (Wildman–Crippen LogP) is 3.81. The van der Waals surface area contributed by atoms with E-state index in [4.69, 9.17) is 9.47 Å². The number of hydrogen-bond donors (Lipinski definition) is 2. The van der Waals surface area contributed by atoms with Gasteiger partial charge in [-0.3, -0.25) is 14.5 Å². The van der Waals surface area contributed by atoms with Crippen molar-refractivity contribution in [3.05, 3.63) is 84.6 Å². The Balaban J connectivity index is 1.23. The molecule has 9 nitrogen and oxygen atoms in total. The summed E-state index contributed by atoms with van der Waals surface area (Å²) >= 11 is 0. The van der Waals surface area contributed by atoms with E-state index in [1.54, 1.807) is 36.4 Å². The Bertz CT molecular complexity index is 1520. The second kappa shape index (κ2) is 8.83. The molecule has 0 spiro atoms. The Hall–Kier alpha value is -4.44. The standard InChI is InChI=1S/C24H18N4O5S/c29-24(12-6-16-5-11-21-22(13-16)33-15-32-21)26-17-7-9-18(10-8-17)34(30,31)28-23-14-25-19-3-1-2-4-20(19)27-23/h1-14H,15H2,(H,26,29)(H,27,28)/b12-6+. The molecule has 0 saturated heterocycles. The van der Waals surface area contributed by atoms with Gasteiger partial charge in [0, 0.05) is 11.8 Å². The van der Waals surface area contributed by atoms with Crippen LogP contribution in [-0.4, -0.2) is 31.1 Å². The minimum atomic E-state index is -3.88. The van der Waals surface area contributed by atoms with Gasteiger partial charge in [0.1, 0.15) is 0 Å². The number of aromatic nitrogens is 2. The lowest BCUT2D eigenvalue weighted by Gasteiger charge is -2.09. The van der Waals surface area contributed by atoms with E-state index >= 15 is 0 Å². The highest BCUT2D eigenvalue weighted by Crippen LogP contribution is 2.32. The molecule has 0 bridgehead atoms. The molecule has 2 N–H and O–H groups in total. The van der Waals surface area contributed by atoms with Crippen molar-refractivity contribution >= 4 is 44.5 Å². The number of ether oxygens (including phenoxy) is 2. The van der Waals surface area contributed by atoms with Crippen LogP contribution in [0.15, 0.2) is 83.9 Å². The van der Waals surface area contributed by atoms with Crippen molar-refractivity contribution < 1.29 is 22.7 Å². The van der Waals surface area contributed by atoms with E-state index in [1.165, 1.54) is 36.5 Å². The van der Waals surface area contributed by atoms with Crippen LogP contribution >= 0.6 is 0 Å². The summed E-state index contributed by atoms with van der Waals surface area (Å²) in [6.45, 7) is 0.180. The summed E-state index contributed by atoms with van der Waals surface area (Å²) in [5.74, 6) is 1.05. The minimum Gasteiger partial charge on any atom is -0.454 e. The number of rotatable bonds is 6. The van der Waals surface area contributed by atoms with E-state index in [1.807, 2.05) is 12.1 Å². The van der Waals surface area contributed by atoms with E-state index < -0.39 is 10.0 Å². The number of anilines is 2. The number of carbonyl (C=O) groups is 1. The largest absolute Gasteiger partial charge is 0.454 e. The molecule has 0 saturated carbocycles. The summed E-state index contributed by atoms with van der Waals surface area (Å²) in [4.78, 5) is 20.8. The molecular formula is C24H18N4O5S. The molecule has 170 valence electrons. The van der Waals surface area contributed by atoms with Crippen molar-refractivity contribution in [3.8, 4) is 11.5 Å². The summed E-state index contributed by atoms with van der Waals surface area (Å²) in [6.07, 6.45) is 4.38. The zero-order chi connectivity index (χ0) is 23.5. The fraction of sp³-hybridized carbons (Fsp3) is 0.0417. The third-order valence-electron chi connectivity index (χ3n) is 4.94. The van der Waals surface area contributed by atoms with Gasteiger partial charge < -0.3 is 14.8 Å². The lowest BCUT2D eigenvalue weighted by atomic mass is 10.2. The van der Waals surface area contributed by atoms with Gasteiger partial charge in [-0.25, -0.2) is 13.4 Å². The maximum absolute atomic E-state index is 12.7. The first-order valence-electron chi connectivity index (χ1n) is 10.2. The Kier molecular flexibility index (Phi) is 5.56. The number of fused-ring (bicyclic) bond motifs is 2. The maximum Gasteiger partial charge on any atom is 0.263 e. The van der Waals surface area contributed by atoms with Gasteiger partial charge >= 0.3 is 0 Å². The number of nitrogens with one attached hydrogen (secondary N) is 2. The number of nitrogens with zero attached hydrogens (tertiary/aromatic N) is 2. The number of amides is 1. The topological polar surface area (TPSA) is 120 Å². The lowest BCUT2D eigenvalue weighted by Crippen LogP contribution is -2.14. The summed E-state index contributed by atoms with van der Waals surface area (Å²) in [5, 5.41) is 2.69. The molecule has 0 unspecified atom stereocenters. The minimum absolute atomic E-state index is 0.0244. The van der Waals surface area contributed by atoms with Crippen LogP contribution in [0.5, 0.6) is 11.5 Å². The number of carbonyl (C=O) groups excluding carboxylic acids is 1. The average Bonchev–Trinajstić information content (AvgIpc) is 3.31. The summed E-state index contributed by atoms with van der Waals surface area (Å²) in [7, 11) is -3.88. The van der Waals surface area contributed by atoms with Gasteiger partial charge in [0.15, 0.2) is 17.3 Å². The molecule has 2 heterocycles. The fourth-order valence-electron chi connectivity index (χ4n) is 3.29. The second-order valence-corrected chi connectivity index (χ2v) is 8.99. The predicted molar refractivity (Wildman–Crippen MR) is 127 cm³/mol. The second-order valence-electron chi connectivity index (χ2n) is 7.31. The average molecular weight is 474 g/mol. The Morgan fingerprint density at radius 1 is 0.941 bits per heavy atom. The third kappa shape index (κ3) is 4.66. The molecular weight excluding hydrogens is 456 g/mol. The molecule has 5 rings (SSSR count). The van der Waals surface area contributed by atoms with Gasteiger partial charge in [-0.1, -0.05) is 18.2 Å². The van der Waals surface area contributed by atoms with Crippen molar-refractivity contribution in [2.75, 3.05) is 16.8 Å². The van der Waals surface area contributed by atoms with Crippen LogP contribution in [0.1, 0.15) is 5.56 Å². The quantitative estimate of drug-likeness (QED) is 0.408. The third-order valence-corrected chi connectivity index (χ3v) is 6.31. The van der Waals surface area contributed by atoms with E-state index in [9.17, 15) is 13.2 Å². The van der Waals surface area contributed by atoms with Crippen molar-refractivity contribution in [2.24, 2.45) is 0 Å². The Morgan fingerprint density at radius 2 is 1.71 bits per heavy atom. The summed E-state index contributed by atoms with van der Waals surface area (Å²) in [5.41, 5.74) is 2.47. The van der Waals surface area contributed by atoms with Crippen LogP contribution in [0.4, 0.5) is 11.5 Å². The van der Waals surface area contributed by atoms with Crippen LogP contribution in [0.25, 0.3) is 17.1 Å². The monoisotopic (exact) mass is 474 g/mol. The van der Waals surface area contributed by atoms with Crippen molar-refractivity contribution in [2.45, 2.75) is 4.90 Å². The highest BCUT2D eigenvalue weighted by Gasteiger charge is 2.16. The molecule has 1 aliphatic rings. The van der Waals surface area contributed by atoms with Crippen LogP contribution in [-0.2, 0) is 14.8 Å². The van der Waals surface area contributed by atoms with Crippen LogP contribution in [0, 0.1) is 0 Å². The highest BCUT2D eigenvalue weighted by molar-refractivity contribution is 7.92. The summed E-state index contributed by atoms with van der Waals surface area (Å²) < 4.78 is 38.4. The fourth-order valence-corrected chi connectivity index (χ4v) is 4.28. The van der Waals surface area contributed by atoms with E-state index in [2.05, 4.69) is 20.0 Å². The highest BCUT2D eigenvalue weighted by atomic mass is 32.2. The molecule has 10 heteroatoms. The van der Waals surface area contributed by atoms with E-state index in [0.29, 0.717) is 28.2 Å². The number of benzene rings is 3. The maximum atomic E-state index is 12.7. The zero-order valence-electron chi connectivity index (χ0n) is 17.6. The van der Waals surface area contributed by atoms with Crippen molar-refractivity contribution in [3.63, 3.8) is 0 Å². The molecule has 0 radical (unpaired) electrons. The van der Waals surface area contributed by atoms with Crippen LogP contribution in [0.2, 0.25) is 0 Å². The van der Waals surface area contributed by atoms with Crippen molar-refractivity contribution in [1.82, 2.24) is 9.97 Å². The zero-order valence-corrected chi connectivity index (χ0v) is 18.5. The van der Waals surface area contributed by atoms with Gasteiger partial charge in [0.25, 0.3) is 10.0 Å².